The van der Waals surface area contributed by atoms with Crippen molar-refractivity contribution in [2.24, 2.45) is 4.99 Å². The normalized spacial score (nSPS) is 16.0. The van der Waals surface area contributed by atoms with Crippen LogP contribution in [0.25, 0.3) is 0 Å². The first-order valence-corrected chi connectivity index (χ1v) is 9.11. The molecule has 9 nitrogen and oxygen atoms in total. The molecule has 0 saturated carbocycles. The van der Waals surface area contributed by atoms with Gasteiger partial charge in [0.1, 0.15) is 5.60 Å². The molecule has 0 aromatic rings. The molecule has 0 spiro atoms. The number of rotatable bonds is 5. The van der Waals surface area contributed by atoms with Crippen LogP contribution in [-0.2, 0) is 9.47 Å². The van der Waals surface area contributed by atoms with Crippen molar-refractivity contribution in [1.29, 1.82) is 0 Å². The fourth-order valence-corrected chi connectivity index (χ4v) is 2.47. The zero-order valence-corrected chi connectivity index (χ0v) is 16.6. The smallest absolute Gasteiger partial charge is 0.409 e. The summed E-state index contributed by atoms with van der Waals surface area (Å²) in [4.78, 5) is 29.2. The van der Waals surface area contributed by atoms with E-state index in [-0.39, 0.29) is 12.1 Å². The van der Waals surface area contributed by atoms with Gasteiger partial charge in [-0.25, -0.2) is 9.59 Å². The summed E-state index contributed by atoms with van der Waals surface area (Å²) >= 11 is 0. The van der Waals surface area contributed by atoms with Gasteiger partial charge >= 0.3 is 12.2 Å². The van der Waals surface area contributed by atoms with Gasteiger partial charge in [-0.1, -0.05) is 0 Å². The van der Waals surface area contributed by atoms with E-state index in [1.54, 1.807) is 18.9 Å². The number of amides is 2. The summed E-state index contributed by atoms with van der Waals surface area (Å²) in [6, 6.07) is 0.241. The Bertz CT molecular complexity index is 482. The predicted octanol–water partition coefficient (Wildman–Crippen LogP) is 1.30. The highest BCUT2D eigenvalue weighted by Crippen LogP contribution is 2.11. The second-order valence-corrected chi connectivity index (χ2v) is 7.03. The molecular formula is C17H33N5O4. The molecule has 0 bridgehead atoms. The van der Waals surface area contributed by atoms with Crippen LogP contribution in [0.3, 0.4) is 0 Å². The molecule has 0 aromatic carbocycles. The molecule has 1 saturated heterocycles. The van der Waals surface area contributed by atoms with Gasteiger partial charge < -0.3 is 30.3 Å². The molecule has 1 heterocycles. The Morgan fingerprint density at radius 3 is 2.31 bits per heavy atom. The fraction of sp³-hybridized carbons (Fsp3) is 0.824. The SMILES string of the molecule is CCOC(=O)N1CCC(NC(=NC)NCCNC(=O)OC(C)(C)C)CC1. The summed E-state index contributed by atoms with van der Waals surface area (Å²) in [7, 11) is 1.70. The number of alkyl carbamates (subject to hydrolysis) is 1. The number of hydrogen-bond donors (Lipinski definition) is 3. The van der Waals surface area contributed by atoms with E-state index in [2.05, 4.69) is 20.9 Å². The molecule has 0 aromatic heterocycles. The maximum Gasteiger partial charge on any atom is 0.409 e. The number of ether oxygens (including phenoxy) is 2. The van der Waals surface area contributed by atoms with Gasteiger partial charge in [-0.3, -0.25) is 4.99 Å². The van der Waals surface area contributed by atoms with Gasteiger partial charge in [0.2, 0.25) is 0 Å². The maximum atomic E-state index is 11.7. The van der Waals surface area contributed by atoms with E-state index in [0.29, 0.717) is 38.7 Å². The third kappa shape index (κ3) is 8.77. The second-order valence-electron chi connectivity index (χ2n) is 7.03. The van der Waals surface area contributed by atoms with Crippen LogP contribution in [0.4, 0.5) is 9.59 Å². The molecule has 9 heteroatoms. The molecule has 1 aliphatic heterocycles. The van der Waals surface area contributed by atoms with Gasteiger partial charge in [0.15, 0.2) is 5.96 Å². The lowest BCUT2D eigenvalue weighted by Crippen LogP contribution is -2.50. The number of nitrogens with one attached hydrogen (secondary N) is 3. The molecule has 0 unspecified atom stereocenters. The number of guanidine groups is 1. The lowest BCUT2D eigenvalue weighted by atomic mass is 10.1. The quantitative estimate of drug-likeness (QED) is 0.382. The van der Waals surface area contributed by atoms with Crippen LogP contribution in [0.15, 0.2) is 4.99 Å². The minimum absolute atomic E-state index is 0.241. The highest BCUT2D eigenvalue weighted by Gasteiger charge is 2.24. The predicted molar refractivity (Wildman–Crippen MR) is 100 cm³/mol. The van der Waals surface area contributed by atoms with Gasteiger partial charge in [-0.05, 0) is 40.5 Å². The van der Waals surface area contributed by atoms with Gasteiger partial charge in [0.05, 0.1) is 6.61 Å². The van der Waals surface area contributed by atoms with Gasteiger partial charge in [0.25, 0.3) is 0 Å². The van der Waals surface area contributed by atoms with E-state index in [0.717, 1.165) is 12.8 Å². The molecule has 1 rings (SSSR count). The fourth-order valence-electron chi connectivity index (χ4n) is 2.47. The number of nitrogens with zero attached hydrogens (tertiary/aromatic N) is 2. The van der Waals surface area contributed by atoms with Crippen LogP contribution in [0.2, 0.25) is 0 Å². The largest absolute Gasteiger partial charge is 0.450 e. The van der Waals surface area contributed by atoms with Crippen molar-refractivity contribution in [3.63, 3.8) is 0 Å². The lowest BCUT2D eigenvalue weighted by Gasteiger charge is -2.32. The summed E-state index contributed by atoms with van der Waals surface area (Å²) in [5, 5.41) is 9.18. The molecule has 0 radical (unpaired) electrons. The number of aliphatic imine (C=N–C) groups is 1. The van der Waals surface area contributed by atoms with E-state index in [1.807, 2.05) is 20.8 Å². The lowest BCUT2D eigenvalue weighted by molar-refractivity contribution is 0.0528. The Morgan fingerprint density at radius 2 is 1.77 bits per heavy atom. The molecule has 1 fully saturated rings. The molecular weight excluding hydrogens is 338 g/mol. The number of likely N-dealkylation sites (tertiary alicyclic amines) is 1. The average Bonchev–Trinajstić information content (AvgIpc) is 2.56. The van der Waals surface area contributed by atoms with Crippen LogP contribution >= 0.6 is 0 Å². The minimum atomic E-state index is -0.506. The van der Waals surface area contributed by atoms with E-state index in [4.69, 9.17) is 9.47 Å². The first-order valence-electron chi connectivity index (χ1n) is 9.11. The van der Waals surface area contributed by atoms with Gasteiger partial charge in [-0.2, -0.15) is 0 Å². The van der Waals surface area contributed by atoms with Crippen LogP contribution in [0, 0.1) is 0 Å². The first kappa shape index (κ1) is 21.9. The zero-order valence-electron chi connectivity index (χ0n) is 16.6. The summed E-state index contributed by atoms with van der Waals surface area (Å²) in [6.07, 6.45) is 0.973. The summed E-state index contributed by atoms with van der Waals surface area (Å²) in [5.41, 5.74) is -0.506. The van der Waals surface area contributed by atoms with E-state index in [9.17, 15) is 9.59 Å². The average molecular weight is 371 g/mol. The van der Waals surface area contributed by atoms with Gasteiger partial charge in [-0.15, -0.1) is 0 Å². The molecule has 0 aliphatic carbocycles. The summed E-state index contributed by atoms with van der Waals surface area (Å²) in [6.45, 7) is 9.95. The first-order chi connectivity index (χ1) is 12.2. The van der Waals surface area contributed by atoms with Crippen LogP contribution in [-0.4, -0.2) is 74.5 Å². The molecule has 150 valence electrons. The highest BCUT2D eigenvalue weighted by atomic mass is 16.6. The summed E-state index contributed by atoms with van der Waals surface area (Å²) in [5.74, 6) is 0.672. The van der Waals surface area contributed by atoms with E-state index < -0.39 is 11.7 Å². The van der Waals surface area contributed by atoms with Crippen molar-refractivity contribution < 1.29 is 19.1 Å². The number of carbonyl (C=O) groups excluding carboxylic acids is 2. The Morgan fingerprint density at radius 1 is 1.15 bits per heavy atom. The van der Waals surface area contributed by atoms with Crippen LogP contribution in [0.5, 0.6) is 0 Å². The number of hydrogen-bond acceptors (Lipinski definition) is 5. The van der Waals surface area contributed by atoms with Gasteiger partial charge in [0, 0.05) is 39.3 Å². The molecule has 26 heavy (non-hydrogen) atoms. The van der Waals surface area contributed by atoms with Crippen molar-refractivity contribution >= 4 is 18.1 Å². The highest BCUT2D eigenvalue weighted by molar-refractivity contribution is 5.80. The van der Waals surface area contributed by atoms with Crippen LogP contribution in [0.1, 0.15) is 40.5 Å². The van der Waals surface area contributed by atoms with Crippen molar-refractivity contribution in [2.45, 2.75) is 52.2 Å². The standard InChI is InChI=1S/C17H33N5O4/c1-6-25-16(24)22-11-7-13(8-12-22)21-14(18-5)19-9-10-20-15(23)26-17(2,3)4/h13H,6-12H2,1-5H3,(H,20,23)(H2,18,19,21). The Labute approximate surface area is 155 Å². The molecule has 3 N–H and O–H groups in total. The second kappa shape index (κ2) is 10.7. The number of piperidine rings is 1. The monoisotopic (exact) mass is 371 g/mol. The van der Waals surface area contributed by atoms with E-state index >= 15 is 0 Å². The van der Waals surface area contributed by atoms with E-state index in [1.165, 1.54) is 0 Å². The van der Waals surface area contributed by atoms with Crippen molar-refractivity contribution in [1.82, 2.24) is 20.9 Å². The van der Waals surface area contributed by atoms with Crippen LogP contribution < -0.4 is 16.0 Å². The number of carbonyl (C=O) groups is 2. The Balaban J connectivity index is 2.24. The minimum Gasteiger partial charge on any atom is -0.450 e. The maximum absolute atomic E-state index is 11.7. The molecule has 1 aliphatic rings. The van der Waals surface area contributed by atoms with Crippen molar-refractivity contribution in [3.8, 4) is 0 Å². The zero-order chi connectivity index (χ0) is 19.6. The third-order valence-corrected chi connectivity index (χ3v) is 3.67. The topological polar surface area (TPSA) is 104 Å². The Hall–Kier alpha value is -2.19. The molecule has 0 atom stereocenters. The Kier molecular flexibility index (Phi) is 9.01. The summed E-state index contributed by atoms with van der Waals surface area (Å²) < 4.78 is 10.2. The molecule has 2 amide bonds. The third-order valence-electron chi connectivity index (χ3n) is 3.67. The van der Waals surface area contributed by atoms with Crippen molar-refractivity contribution in [3.05, 3.63) is 0 Å². The van der Waals surface area contributed by atoms with Crippen molar-refractivity contribution in [2.75, 3.05) is 39.8 Å².